The van der Waals surface area contributed by atoms with Crippen LogP contribution in [0.5, 0.6) is 0 Å². The van der Waals surface area contributed by atoms with E-state index in [1.54, 1.807) is 13.8 Å². The SMILES string of the molecule is CC(=O)O[C@@H]1[C@@H](O[C@@H]2OC[C@H](O)[C@H](O)[C@H]2O)[C@H](O[C@H]2CC[C@]34C[C@]35CC[C@]3(C)[C@@H]([C@@]6(C)CC[C@@H](C(C)(C)O)O6)[C@@H](O)C[C@@]3(C)[C@@H]5C[C@H](O[C@@H]3O[C@H](CO)[C@@H](O)[C@H](O)[C@H]3O)[C@H]4C2(C)C)OC[C@@H]1O. The van der Waals surface area contributed by atoms with E-state index in [9.17, 15) is 55.9 Å². The fraction of sp³-hybridized carbons (Fsp3) is 0.979. The third kappa shape index (κ3) is 7.73. The molecule has 0 aromatic heterocycles. The van der Waals surface area contributed by atoms with E-state index in [1.165, 1.54) is 6.92 Å². The summed E-state index contributed by atoms with van der Waals surface area (Å²) in [5.74, 6) is -1.20. The lowest BCUT2D eigenvalue weighted by Crippen LogP contribution is -2.66. The quantitative estimate of drug-likeness (QED) is 0.0999. The molecule has 0 radical (unpaired) electrons. The maximum Gasteiger partial charge on any atom is 0.303 e. The van der Waals surface area contributed by atoms with Gasteiger partial charge in [-0.3, -0.25) is 4.79 Å². The molecule has 0 aromatic rings. The van der Waals surface area contributed by atoms with Crippen molar-refractivity contribution < 1.29 is 93.8 Å². The van der Waals surface area contributed by atoms with Gasteiger partial charge in [0.25, 0.3) is 0 Å². The van der Waals surface area contributed by atoms with Crippen molar-refractivity contribution >= 4 is 5.97 Å². The highest BCUT2D eigenvalue weighted by atomic mass is 16.8. The molecular weight excluding hydrogens is 881 g/mol. The molecule has 4 saturated heterocycles. The first-order chi connectivity index (χ1) is 31.2. The third-order valence-electron chi connectivity index (χ3n) is 19.6. The third-order valence-corrected chi connectivity index (χ3v) is 19.6. The average Bonchev–Trinajstić information content (AvgIpc) is 3.61. The number of esters is 1. The number of fused-ring (bicyclic) bond motifs is 2. The van der Waals surface area contributed by atoms with Gasteiger partial charge in [-0.05, 0) is 117 Å². The molecule has 0 aromatic carbocycles. The Morgan fingerprint density at radius 3 is 2.01 bits per heavy atom. The van der Waals surface area contributed by atoms with Crippen LogP contribution in [0.1, 0.15) is 113 Å². The van der Waals surface area contributed by atoms with E-state index in [-0.39, 0.29) is 53.3 Å². The highest BCUT2D eigenvalue weighted by Crippen LogP contribution is 2.89. The first kappa shape index (κ1) is 50.7. The molecule has 67 heavy (non-hydrogen) atoms. The Bertz CT molecular complexity index is 1830. The lowest BCUT2D eigenvalue weighted by atomic mass is 9.41. The Labute approximate surface area is 392 Å². The number of carbonyl (C=O) groups excluding carboxylic acids is 1. The number of hydrogen-bond donors (Lipinski definition) is 10. The molecule has 0 bridgehead atoms. The van der Waals surface area contributed by atoms with E-state index in [0.29, 0.717) is 38.5 Å². The molecule has 10 N–H and O–H groups in total. The van der Waals surface area contributed by atoms with Crippen molar-refractivity contribution in [3.8, 4) is 0 Å². The smallest absolute Gasteiger partial charge is 0.303 e. The van der Waals surface area contributed by atoms with E-state index in [0.717, 1.165) is 19.3 Å². The van der Waals surface area contributed by atoms with Gasteiger partial charge in [-0.25, -0.2) is 0 Å². The Balaban J connectivity index is 1.05. The number of ether oxygens (including phenoxy) is 8. The molecule has 0 amide bonds. The maximum atomic E-state index is 12.4. The zero-order chi connectivity index (χ0) is 48.8. The minimum absolute atomic E-state index is 0.0223. The molecular formula is C48H78O19. The van der Waals surface area contributed by atoms with Crippen molar-refractivity contribution in [1.82, 2.24) is 0 Å². The Hall–Kier alpha value is -1.21. The minimum Gasteiger partial charge on any atom is -0.457 e. The molecule has 5 saturated carbocycles. The number of aliphatic hydroxyl groups excluding tert-OH is 9. The second-order valence-corrected chi connectivity index (χ2v) is 24.0. The summed E-state index contributed by atoms with van der Waals surface area (Å²) in [4.78, 5) is 12.4. The first-order valence-corrected chi connectivity index (χ1v) is 24.7. The molecule has 4 aliphatic heterocycles. The molecule has 9 aliphatic rings. The van der Waals surface area contributed by atoms with Crippen molar-refractivity contribution in [2.75, 3.05) is 19.8 Å². The number of carbonyl (C=O) groups is 1. The van der Waals surface area contributed by atoms with E-state index in [4.69, 9.17) is 37.9 Å². The lowest BCUT2D eigenvalue weighted by Gasteiger charge is -2.65. The summed E-state index contributed by atoms with van der Waals surface area (Å²) < 4.78 is 50.2. The summed E-state index contributed by atoms with van der Waals surface area (Å²) in [5.41, 5.74) is -3.77. The first-order valence-electron chi connectivity index (χ1n) is 24.7. The number of rotatable bonds is 10. The van der Waals surface area contributed by atoms with Gasteiger partial charge >= 0.3 is 5.97 Å². The van der Waals surface area contributed by atoms with Crippen LogP contribution in [-0.4, -0.2) is 192 Å². The van der Waals surface area contributed by atoms with Gasteiger partial charge in [0.05, 0.1) is 55.4 Å². The van der Waals surface area contributed by atoms with Gasteiger partial charge < -0.3 is 89.0 Å². The molecule has 9 rings (SSSR count). The fourth-order valence-electron chi connectivity index (χ4n) is 16.4. The van der Waals surface area contributed by atoms with Crippen LogP contribution in [0.4, 0.5) is 0 Å². The molecule has 19 heteroatoms. The van der Waals surface area contributed by atoms with Crippen molar-refractivity contribution in [3.05, 3.63) is 0 Å². The van der Waals surface area contributed by atoms with Crippen molar-refractivity contribution in [2.45, 2.75) is 229 Å². The van der Waals surface area contributed by atoms with Gasteiger partial charge in [0.15, 0.2) is 31.1 Å². The highest BCUT2D eigenvalue weighted by molar-refractivity contribution is 5.66. The van der Waals surface area contributed by atoms with E-state index >= 15 is 0 Å². The Kier molecular flexibility index (Phi) is 13.0. The minimum atomic E-state index is -1.71. The van der Waals surface area contributed by atoms with Crippen LogP contribution in [-0.2, 0) is 42.7 Å². The Morgan fingerprint density at radius 2 is 1.36 bits per heavy atom. The second-order valence-electron chi connectivity index (χ2n) is 24.0. The lowest BCUT2D eigenvalue weighted by molar-refractivity contribution is -0.360. The molecule has 0 unspecified atom stereocenters. The molecule has 19 nitrogen and oxygen atoms in total. The van der Waals surface area contributed by atoms with Crippen LogP contribution >= 0.6 is 0 Å². The van der Waals surface area contributed by atoms with Gasteiger partial charge in [-0.2, -0.15) is 0 Å². The van der Waals surface area contributed by atoms with E-state index < -0.39 is 133 Å². The largest absolute Gasteiger partial charge is 0.457 e. The number of hydrogen-bond acceptors (Lipinski definition) is 19. The van der Waals surface area contributed by atoms with Crippen LogP contribution in [0.2, 0.25) is 0 Å². The van der Waals surface area contributed by atoms with Crippen LogP contribution in [0, 0.1) is 44.8 Å². The zero-order valence-electron chi connectivity index (χ0n) is 40.2. The summed E-state index contributed by atoms with van der Waals surface area (Å²) >= 11 is 0. The van der Waals surface area contributed by atoms with Gasteiger partial charge in [0.1, 0.15) is 48.8 Å². The predicted octanol–water partition coefficient (Wildman–Crippen LogP) is -0.242. The Morgan fingerprint density at radius 1 is 0.687 bits per heavy atom. The predicted molar refractivity (Wildman–Crippen MR) is 230 cm³/mol. The van der Waals surface area contributed by atoms with Crippen LogP contribution in [0.15, 0.2) is 0 Å². The van der Waals surface area contributed by atoms with Crippen LogP contribution in [0.25, 0.3) is 0 Å². The number of aliphatic hydroxyl groups is 10. The summed E-state index contributed by atoms with van der Waals surface area (Å²) in [6.07, 6.45) is -15.2. The highest BCUT2D eigenvalue weighted by Gasteiger charge is 2.85. The van der Waals surface area contributed by atoms with Gasteiger partial charge in [0, 0.05) is 12.8 Å². The molecule has 5 aliphatic carbocycles. The monoisotopic (exact) mass is 959 g/mol. The molecule has 9 fully saturated rings. The van der Waals surface area contributed by atoms with Gasteiger partial charge in [-0.1, -0.05) is 27.7 Å². The van der Waals surface area contributed by atoms with Crippen molar-refractivity contribution in [2.24, 2.45) is 44.8 Å². The summed E-state index contributed by atoms with van der Waals surface area (Å²) in [6.45, 7) is 14.3. The maximum absolute atomic E-state index is 12.4. The topological polar surface area (TPSA) is 293 Å². The van der Waals surface area contributed by atoms with Crippen molar-refractivity contribution in [1.29, 1.82) is 0 Å². The molecule has 2 spiro atoms. The summed E-state index contributed by atoms with van der Waals surface area (Å²) in [6, 6.07) is 0. The zero-order valence-corrected chi connectivity index (χ0v) is 40.2. The van der Waals surface area contributed by atoms with E-state index in [1.807, 2.05) is 0 Å². The molecule has 4 heterocycles. The normalized spacial score (nSPS) is 56.0. The second kappa shape index (κ2) is 17.2. The summed E-state index contributed by atoms with van der Waals surface area (Å²) in [7, 11) is 0. The standard InChI is InChI=1S/C48H78O19/c1-21(50)62-35-24(53)19-61-41(36(35)66-39-33(57)30(54)23(52)18-60-39)65-28-10-12-48-20-47(48)14-13-44(6)37(46(8)11-9-29(67-46)43(4,5)59)22(51)16-45(44,7)27(47)15-25(38(48)42(28,2)3)63-40-34(58)32(56)31(55)26(17-49)64-40/h22-41,49,51-59H,9-20H2,1-8H3/t22-,23-,24-,25-,26+,27-,28-,29-,30-,31+,32-,33+,34+,35-,36+,37-,38-,39-,40+,41-,44+,45-,46+,47-,48+/m0/s1. The molecule has 25 atom stereocenters. The van der Waals surface area contributed by atoms with Gasteiger partial charge in [0.2, 0.25) is 0 Å². The van der Waals surface area contributed by atoms with Gasteiger partial charge in [-0.15, -0.1) is 0 Å². The molecule has 384 valence electrons. The van der Waals surface area contributed by atoms with E-state index in [2.05, 4.69) is 34.6 Å². The van der Waals surface area contributed by atoms with Crippen molar-refractivity contribution in [3.63, 3.8) is 0 Å². The average molecular weight is 959 g/mol. The van der Waals surface area contributed by atoms with Crippen LogP contribution < -0.4 is 0 Å². The summed E-state index contributed by atoms with van der Waals surface area (Å²) in [5, 5.41) is 109. The van der Waals surface area contributed by atoms with Crippen LogP contribution in [0.3, 0.4) is 0 Å². The fourth-order valence-corrected chi connectivity index (χ4v) is 16.4.